The van der Waals surface area contributed by atoms with E-state index in [1.54, 1.807) is 0 Å². The van der Waals surface area contributed by atoms with E-state index in [9.17, 15) is 5.11 Å². The summed E-state index contributed by atoms with van der Waals surface area (Å²) >= 11 is 0. The highest BCUT2D eigenvalue weighted by Gasteiger charge is 2.41. The van der Waals surface area contributed by atoms with E-state index in [2.05, 4.69) is 12.1 Å². The molecule has 0 radical (unpaired) electrons. The van der Waals surface area contributed by atoms with Crippen LogP contribution in [0.15, 0.2) is 48.5 Å². The molecule has 1 aromatic heterocycles. The van der Waals surface area contributed by atoms with Crippen LogP contribution in [0.1, 0.15) is 31.1 Å². The van der Waals surface area contributed by atoms with Crippen LogP contribution in [0, 0.1) is 0 Å². The molecule has 1 atom stereocenters. The number of benzene rings is 2. The second-order valence-corrected chi connectivity index (χ2v) is 6.47. The molecule has 3 aromatic rings. The van der Waals surface area contributed by atoms with E-state index in [1.165, 1.54) is 0 Å². The third-order valence-electron chi connectivity index (χ3n) is 4.81. The number of nitrogens with two attached hydrogens (primary N) is 1. The van der Waals surface area contributed by atoms with Gasteiger partial charge in [0, 0.05) is 27.6 Å². The fourth-order valence-corrected chi connectivity index (χ4v) is 3.49. The van der Waals surface area contributed by atoms with Crippen LogP contribution in [0.25, 0.3) is 22.2 Å². The van der Waals surface area contributed by atoms with Crippen LogP contribution < -0.4 is 5.73 Å². The van der Waals surface area contributed by atoms with E-state index < -0.39 is 11.5 Å². The zero-order valence-electron chi connectivity index (χ0n) is 12.7. The Morgan fingerprint density at radius 2 is 1.73 bits per heavy atom. The lowest BCUT2D eigenvalue weighted by Crippen LogP contribution is -2.32. The van der Waals surface area contributed by atoms with E-state index in [4.69, 9.17) is 10.7 Å². The lowest BCUT2D eigenvalue weighted by molar-refractivity contribution is 0.0990. The van der Waals surface area contributed by atoms with Gasteiger partial charge >= 0.3 is 0 Å². The maximum atomic E-state index is 11.0. The molecule has 0 fully saturated rings. The summed E-state index contributed by atoms with van der Waals surface area (Å²) in [7, 11) is 0. The maximum Gasteiger partial charge on any atom is 0.0922 e. The van der Waals surface area contributed by atoms with Gasteiger partial charge in [0.25, 0.3) is 0 Å². The van der Waals surface area contributed by atoms with Crippen LogP contribution in [0.2, 0.25) is 0 Å². The number of aliphatic hydroxyl groups is 1. The number of nitrogens with zero attached hydrogens (tertiary/aromatic N) is 1. The zero-order valence-corrected chi connectivity index (χ0v) is 12.7. The average Bonchev–Trinajstić information content (AvgIpc) is 2.53. The van der Waals surface area contributed by atoms with Crippen molar-refractivity contribution >= 4 is 16.6 Å². The van der Waals surface area contributed by atoms with Crippen molar-refractivity contribution in [1.29, 1.82) is 0 Å². The van der Waals surface area contributed by atoms with Crippen molar-refractivity contribution in [2.75, 3.05) is 5.73 Å². The summed E-state index contributed by atoms with van der Waals surface area (Å²) < 4.78 is 0. The summed E-state index contributed by atoms with van der Waals surface area (Å²) in [4.78, 5) is 4.79. The molecule has 0 bridgehead atoms. The Morgan fingerprint density at radius 3 is 2.55 bits per heavy atom. The first-order chi connectivity index (χ1) is 10.5. The van der Waals surface area contributed by atoms with Crippen molar-refractivity contribution in [3.8, 4) is 11.3 Å². The second kappa shape index (κ2) is 4.31. The van der Waals surface area contributed by atoms with Gasteiger partial charge in [-0.3, -0.25) is 0 Å². The smallest absolute Gasteiger partial charge is 0.0922 e. The summed E-state index contributed by atoms with van der Waals surface area (Å²) in [5, 5.41) is 11.9. The fraction of sp³-hybridized carbons (Fsp3) is 0.211. The van der Waals surface area contributed by atoms with Gasteiger partial charge in [0.15, 0.2) is 0 Å². The summed E-state index contributed by atoms with van der Waals surface area (Å²) in [6.45, 7) is 4.10. The Kier molecular flexibility index (Phi) is 2.60. The standard InChI is InChI=1S/C19H18N2O/c1-19(2)13-9-5-3-7-11(13)17-15(18(19)22)16(20)12-8-4-6-10-14(12)21-17/h3-10,18,22H,1-2H3,(H2,20,21). The molecule has 3 nitrogen and oxygen atoms in total. The molecule has 1 unspecified atom stereocenters. The van der Waals surface area contributed by atoms with Gasteiger partial charge in [0.2, 0.25) is 0 Å². The van der Waals surface area contributed by atoms with Gasteiger partial charge in [-0.05, 0) is 11.6 Å². The van der Waals surface area contributed by atoms with Crippen LogP contribution in [0.4, 0.5) is 5.69 Å². The molecule has 2 aromatic carbocycles. The number of hydrogen-bond donors (Lipinski definition) is 2. The third kappa shape index (κ3) is 1.57. The summed E-state index contributed by atoms with van der Waals surface area (Å²) in [6, 6.07) is 15.9. The van der Waals surface area contributed by atoms with Gasteiger partial charge in [-0.25, -0.2) is 4.98 Å². The molecule has 22 heavy (non-hydrogen) atoms. The number of fused-ring (bicyclic) bond motifs is 4. The van der Waals surface area contributed by atoms with Crippen molar-refractivity contribution in [3.05, 3.63) is 59.7 Å². The number of para-hydroxylation sites is 1. The molecule has 3 N–H and O–H groups in total. The van der Waals surface area contributed by atoms with Gasteiger partial charge in [-0.1, -0.05) is 56.3 Å². The largest absolute Gasteiger partial charge is 0.398 e. The topological polar surface area (TPSA) is 59.1 Å². The lowest BCUT2D eigenvalue weighted by atomic mass is 9.69. The molecule has 1 heterocycles. The van der Waals surface area contributed by atoms with Crippen LogP contribution in [0.5, 0.6) is 0 Å². The highest BCUT2D eigenvalue weighted by atomic mass is 16.3. The van der Waals surface area contributed by atoms with E-state index in [0.717, 1.165) is 33.3 Å². The van der Waals surface area contributed by atoms with E-state index in [1.807, 2.05) is 50.2 Å². The number of aromatic nitrogens is 1. The quantitative estimate of drug-likeness (QED) is 0.662. The molecule has 0 saturated carbocycles. The minimum Gasteiger partial charge on any atom is -0.398 e. The van der Waals surface area contributed by atoms with E-state index in [0.29, 0.717) is 5.69 Å². The SMILES string of the molecule is CC1(C)c2ccccc2-c2nc3ccccc3c(N)c2C1O. The molecule has 0 spiro atoms. The summed E-state index contributed by atoms with van der Waals surface area (Å²) in [6.07, 6.45) is -0.672. The van der Waals surface area contributed by atoms with Gasteiger partial charge in [0.05, 0.1) is 17.3 Å². The van der Waals surface area contributed by atoms with Gasteiger partial charge in [-0.15, -0.1) is 0 Å². The predicted molar refractivity (Wildman–Crippen MR) is 89.6 cm³/mol. The lowest BCUT2D eigenvalue weighted by Gasteiger charge is -2.39. The highest BCUT2D eigenvalue weighted by molar-refractivity contribution is 5.96. The van der Waals surface area contributed by atoms with Crippen LogP contribution in [-0.4, -0.2) is 10.1 Å². The number of hydrogen-bond acceptors (Lipinski definition) is 3. The van der Waals surface area contributed by atoms with Gasteiger partial charge < -0.3 is 10.8 Å². The highest BCUT2D eigenvalue weighted by Crippen LogP contribution is 2.51. The fourth-order valence-electron chi connectivity index (χ4n) is 3.49. The minimum atomic E-state index is -0.672. The Balaban J connectivity index is 2.17. The first kappa shape index (κ1) is 13.3. The Hall–Kier alpha value is -2.39. The molecule has 0 aliphatic heterocycles. The van der Waals surface area contributed by atoms with E-state index in [-0.39, 0.29) is 0 Å². The van der Waals surface area contributed by atoms with Crippen molar-refractivity contribution in [2.45, 2.75) is 25.4 Å². The predicted octanol–water partition coefficient (Wildman–Crippen LogP) is 3.81. The van der Waals surface area contributed by atoms with Gasteiger partial charge in [0.1, 0.15) is 0 Å². The minimum absolute atomic E-state index is 0.401. The molecule has 110 valence electrons. The Bertz CT molecular complexity index is 899. The van der Waals surface area contributed by atoms with Crippen LogP contribution in [0.3, 0.4) is 0 Å². The first-order valence-electron chi connectivity index (χ1n) is 7.48. The van der Waals surface area contributed by atoms with Crippen molar-refractivity contribution in [3.63, 3.8) is 0 Å². The zero-order chi connectivity index (χ0) is 15.5. The molecule has 1 aliphatic rings. The Labute approximate surface area is 129 Å². The molecule has 0 saturated heterocycles. The van der Waals surface area contributed by atoms with Crippen molar-refractivity contribution in [1.82, 2.24) is 4.98 Å². The molecule has 4 rings (SSSR count). The monoisotopic (exact) mass is 290 g/mol. The number of pyridine rings is 1. The third-order valence-corrected chi connectivity index (χ3v) is 4.81. The van der Waals surface area contributed by atoms with Crippen LogP contribution in [-0.2, 0) is 5.41 Å². The Morgan fingerprint density at radius 1 is 1.05 bits per heavy atom. The molecule has 0 amide bonds. The van der Waals surface area contributed by atoms with Crippen LogP contribution >= 0.6 is 0 Å². The number of rotatable bonds is 0. The number of nitrogen functional groups attached to an aromatic ring is 1. The molecular formula is C19H18N2O. The molecular weight excluding hydrogens is 272 g/mol. The van der Waals surface area contributed by atoms with Crippen molar-refractivity contribution in [2.24, 2.45) is 0 Å². The van der Waals surface area contributed by atoms with E-state index >= 15 is 0 Å². The maximum absolute atomic E-state index is 11.0. The first-order valence-corrected chi connectivity index (χ1v) is 7.48. The number of anilines is 1. The molecule has 1 aliphatic carbocycles. The normalized spacial score (nSPS) is 18.8. The average molecular weight is 290 g/mol. The number of aliphatic hydroxyl groups excluding tert-OH is 1. The second-order valence-electron chi connectivity index (χ2n) is 6.47. The summed E-state index contributed by atoms with van der Waals surface area (Å²) in [5.74, 6) is 0. The molecule has 3 heteroatoms. The van der Waals surface area contributed by atoms with Gasteiger partial charge in [-0.2, -0.15) is 0 Å². The summed E-state index contributed by atoms with van der Waals surface area (Å²) in [5.41, 5.74) is 11.2. The van der Waals surface area contributed by atoms with Crippen molar-refractivity contribution < 1.29 is 5.11 Å².